The molecule has 0 aliphatic carbocycles. The molecule has 2 aromatic heterocycles. The van der Waals surface area contributed by atoms with Gasteiger partial charge in [0, 0.05) is 12.4 Å². The van der Waals surface area contributed by atoms with E-state index >= 15 is 0 Å². The molecule has 26 heavy (non-hydrogen) atoms. The maximum atomic E-state index is 14.2. The number of pyridine rings is 1. The number of rotatable bonds is 8. The highest BCUT2D eigenvalue weighted by Gasteiger charge is 2.16. The van der Waals surface area contributed by atoms with Crippen LogP contribution in [0.4, 0.5) is 8.78 Å². The fraction of sp³-hybridized carbons (Fsp3) is 0.167. The number of aromatic nitrogens is 2. The van der Waals surface area contributed by atoms with Gasteiger partial charge in [-0.05, 0) is 36.8 Å². The molecule has 0 atom stereocenters. The van der Waals surface area contributed by atoms with Crippen LogP contribution in [0.5, 0.6) is 0 Å². The second-order valence-electron chi connectivity index (χ2n) is 5.12. The smallest absolute Gasteiger partial charge is 0.251 e. The summed E-state index contributed by atoms with van der Waals surface area (Å²) in [6.07, 6.45) is 5.50. The molecule has 0 saturated heterocycles. The third-order valence-electron chi connectivity index (χ3n) is 3.27. The molecule has 136 valence electrons. The quantitative estimate of drug-likeness (QED) is 0.431. The highest BCUT2D eigenvalue weighted by atomic mass is 32.1. The number of aryl methyl sites for hydroxylation is 1. The van der Waals surface area contributed by atoms with E-state index < -0.39 is 24.0 Å². The number of alkyl halides is 1. The summed E-state index contributed by atoms with van der Waals surface area (Å²) in [5.74, 6) is -2.39. The third kappa shape index (κ3) is 4.82. The number of ether oxygens (including phenoxy) is 1. The lowest BCUT2D eigenvalue weighted by Crippen LogP contribution is -2.14. The largest absolute Gasteiger partial charge is 0.483 e. The van der Waals surface area contributed by atoms with Crippen molar-refractivity contribution in [2.75, 3.05) is 6.67 Å². The van der Waals surface area contributed by atoms with Gasteiger partial charge in [0.1, 0.15) is 18.3 Å². The summed E-state index contributed by atoms with van der Waals surface area (Å²) in [4.78, 5) is 20.4. The minimum absolute atomic E-state index is 0.0536. The predicted octanol–water partition coefficient (Wildman–Crippen LogP) is 3.78. The van der Waals surface area contributed by atoms with Crippen molar-refractivity contribution in [2.24, 2.45) is 5.73 Å². The molecule has 0 spiro atoms. The second kappa shape index (κ2) is 9.00. The summed E-state index contributed by atoms with van der Waals surface area (Å²) in [6, 6.07) is 3.72. The number of primary amides is 1. The van der Waals surface area contributed by atoms with E-state index in [0.717, 1.165) is 28.3 Å². The van der Waals surface area contributed by atoms with Gasteiger partial charge in [0.2, 0.25) is 0 Å². The van der Waals surface area contributed by atoms with E-state index in [9.17, 15) is 13.6 Å². The molecule has 0 fully saturated rings. The molecule has 2 rings (SSSR count). The number of carbonyl (C=O) groups excluding carboxylic acids is 1. The van der Waals surface area contributed by atoms with Crippen LogP contribution < -0.4 is 5.73 Å². The molecule has 0 saturated carbocycles. The Morgan fingerprint density at radius 3 is 2.73 bits per heavy atom. The van der Waals surface area contributed by atoms with Gasteiger partial charge in [0.15, 0.2) is 11.6 Å². The maximum absolute atomic E-state index is 14.2. The summed E-state index contributed by atoms with van der Waals surface area (Å²) >= 11 is 1.38. The zero-order chi connectivity index (χ0) is 19.1. The number of nitrogens with two attached hydrogens (primary N) is 1. The molecule has 5 nitrogen and oxygen atoms in total. The van der Waals surface area contributed by atoms with Crippen LogP contribution in [-0.4, -0.2) is 22.5 Å². The number of thiazole rings is 1. The normalized spacial score (nSPS) is 12.1. The summed E-state index contributed by atoms with van der Waals surface area (Å²) in [7, 11) is 0. The zero-order valence-corrected chi connectivity index (χ0v) is 14.9. The molecule has 0 bridgehead atoms. The van der Waals surface area contributed by atoms with Gasteiger partial charge in [0.05, 0.1) is 16.1 Å². The van der Waals surface area contributed by atoms with Crippen LogP contribution in [0.25, 0.3) is 10.4 Å². The molecule has 2 N–H and O–H groups in total. The number of nitrogens with zero attached hydrogens (tertiary/aromatic N) is 2. The van der Waals surface area contributed by atoms with E-state index in [1.165, 1.54) is 11.3 Å². The summed E-state index contributed by atoms with van der Waals surface area (Å²) in [5.41, 5.74) is 6.23. The van der Waals surface area contributed by atoms with Gasteiger partial charge in [0.25, 0.3) is 5.91 Å². The number of hydrogen-bond donors (Lipinski definition) is 1. The SMILES string of the molecule is C=C(C(N)=O)/C(F)=C(\C=C/CF)OCc1nc(C)c(-c2ccncc2)s1. The van der Waals surface area contributed by atoms with Crippen molar-refractivity contribution in [3.63, 3.8) is 0 Å². The van der Waals surface area contributed by atoms with E-state index in [1.807, 2.05) is 19.1 Å². The Hall–Kier alpha value is -2.87. The molecule has 0 aromatic carbocycles. The lowest BCUT2D eigenvalue weighted by atomic mass is 10.2. The van der Waals surface area contributed by atoms with Crippen LogP contribution in [0, 0.1) is 6.92 Å². The van der Waals surface area contributed by atoms with Crippen LogP contribution in [0.1, 0.15) is 10.7 Å². The Labute approximate surface area is 153 Å². The molecular weight excluding hydrogens is 360 g/mol. The van der Waals surface area contributed by atoms with E-state index in [0.29, 0.717) is 5.01 Å². The minimum Gasteiger partial charge on any atom is -0.483 e. The van der Waals surface area contributed by atoms with Crippen molar-refractivity contribution >= 4 is 17.2 Å². The first-order valence-electron chi connectivity index (χ1n) is 7.55. The monoisotopic (exact) mass is 377 g/mol. The molecular formula is C18H17F2N3O2S. The van der Waals surface area contributed by atoms with Gasteiger partial charge in [-0.2, -0.15) is 0 Å². The van der Waals surface area contributed by atoms with Crippen molar-refractivity contribution in [3.05, 3.63) is 71.1 Å². The molecule has 0 radical (unpaired) electrons. The first-order valence-corrected chi connectivity index (χ1v) is 8.36. The van der Waals surface area contributed by atoms with Crippen LogP contribution in [0.15, 0.2) is 60.4 Å². The van der Waals surface area contributed by atoms with Crippen molar-refractivity contribution in [3.8, 4) is 10.4 Å². The van der Waals surface area contributed by atoms with Gasteiger partial charge in [-0.3, -0.25) is 9.78 Å². The Morgan fingerprint density at radius 1 is 1.42 bits per heavy atom. The van der Waals surface area contributed by atoms with Crippen LogP contribution in [-0.2, 0) is 16.1 Å². The molecule has 8 heteroatoms. The number of carbonyl (C=O) groups is 1. The van der Waals surface area contributed by atoms with Crippen molar-refractivity contribution in [1.29, 1.82) is 0 Å². The standard InChI is InChI=1S/C18H17F2N3O2S/c1-11(18(21)24)16(20)14(4-3-7-19)25-10-15-23-12(2)17(26-15)13-5-8-22-9-6-13/h3-6,8-9H,1,7,10H2,2H3,(H2,21,24)/b4-3-,16-14-. The highest BCUT2D eigenvalue weighted by molar-refractivity contribution is 7.15. The van der Waals surface area contributed by atoms with Gasteiger partial charge in [-0.1, -0.05) is 6.58 Å². The van der Waals surface area contributed by atoms with Crippen LogP contribution in [0.2, 0.25) is 0 Å². The van der Waals surface area contributed by atoms with Crippen LogP contribution in [0.3, 0.4) is 0 Å². The van der Waals surface area contributed by atoms with Gasteiger partial charge >= 0.3 is 0 Å². The second-order valence-corrected chi connectivity index (χ2v) is 6.21. The fourth-order valence-electron chi connectivity index (χ4n) is 2.02. The first kappa shape index (κ1) is 19.5. The Morgan fingerprint density at radius 2 is 2.12 bits per heavy atom. The summed E-state index contributed by atoms with van der Waals surface area (Å²) < 4.78 is 32.0. The molecule has 1 amide bonds. The predicted molar refractivity (Wildman–Crippen MR) is 96.5 cm³/mol. The number of halogens is 2. The average molecular weight is 377 g/mol. The van der Waals surface area contributed by atoms with Crippen molar-refractivity contribution in [2.45, 2.75) is 13.5 Å². The molecule has 2 heterocycles. The summed E-state index contributed by atoms with van der Waals surface area (Å²) in [5, 5.41) is 0.595. The molecule has 2 aromatic rings. The number of hydrogen-bond acceptors (Lipinski definition) is 5. The van der Waals surface area contributed by atoms with Gasteiger partial charge in [-0.25, -0.2) is 13.8 Å². The molecule has 0 unspecified atom stereocenters. The van der Waals surface area contributed by atoms with Gasteiger partial charge < -0.3 is 10.5 Å². The maximum Gasteiger partial charge on any atom is 0.251 e. The fourth-order valence-corrected chi connectivity index (χ4v) is 3.00. The average Bonchev–Trinajstić information content (AvgIpc) is 3.02. The zero-order valence-electron chi connectivity index (χ0n) is 14.0. The molecule has 0 aliphatic heterocycles. The first-order chi connectivity index (χ1) is 12.4. The lowest BCUT2D eigenvalue weighted by Gasteiger charge is -2.07. The topological polar surface area (TPSA) is 78.1 Å². The van der Waals surface area contributed by atoms with E-state index in [2.05, 4.69) is 16.5 Å². The number of amides is 1. The Bertz CT molecular complexity index is 861. The third-order valence-corrected chi connectivity index (χ3v) is 4.45. The van der Waals surface area contributed by atoms with Crippen LogP contribution >= 0.6 is 11.3 Å². The summed E-state index contributed by atoms with van der Waals surface area (Å²) in [6.45, 7) is 4.25. The highest BCUT2D eigenvalue weighted by Crippen LogP contribution is 2.30. The van der Waals surface area contributed by atoms with E-state index in [4.69, 9.17) is 10.5 Å². The van der Waals surface area contributed by atoms with Crippen molar-refractivity contribution < 1.29 is 18.3 Å². The minimum atomic E-state index is -1.04. The van der Waals surface area contributed by atoms with E-state index in [-0.39, 0.29) is 12.4 Å². The molecule has 0 aliphatic rings. The number of allylic oxidation sites excluding steroid dienone is 2. The van der Waals surface area contributed by atoms with Gasteiger partial charge in [-0.15, -0.1) is 11.3 Å². The Balaban J connectivity index is 2.22. The van der Waals surface area contributed by atoms with E-state index in [1.54, 1.807) is 12.4 Å². The lowest BCUT2D eigenvalue weighted by molar-refractivity contribution is -0.114. The van der Waals surface area contributed by atoms with Crippen molar-refractivity contribution in [1.82, 2.24) is 9.97 Å². The Kier molecular flexibility index (Phi) is 6.74.